The van der Waals surface area contributed by atoms with Crippen LogP contribution < -0.4 is 4.74 Å². The average Bonchev–Trinajstić information content (AvgIpc) is 3.22. The zero-order valence-corrected chi connectivity index (χ0v) is 18.5. The van der Waals surface area contributed by atoms with E-state index in [-0.39, 0.29) is 6.61 Å². The Balaban J connectivity index is 1.62. The number of benzene rings is 2. The summed E-state index contributed by atoms with van der Waals surface area (Å²) in [5, 5.41) is 14.2. The highest BCUT2D eigenvalue weighted by Crippen LogP contribution is 2.33. The van der Waals surface area contributed by atoms with Gasteiger partial charge in [0.25, 0.3) is 0 Å². The van der Waals surface area contributed by atoms with Crippen LogP contribution >= 0.6 is 0 Å². The molecule has 0 amide bonds. The van der Waals surface area contributed by atoms with Crippen molar-refractivity contribution in [3.05, 3.63) is 65.9 Å². The maximum Gasteiger partial charge on any atom is 0.175 e. The smallest absolute Gasteiger partial charge is 0.175 e. The summed E-state index contributed by atoms with van der Waals surface area (Å²) in [6.45, 7) is 0.296. The van der Waals surface area contributed by atoms with Crippen molar-refractivity contribution in [3.8, 4) is 17.0 Å². The zero-order chi connectivity index (χ0) is 21.8. The first kappa shape index (κ1) is 21.6. The quantitative estimate of drug-likeness (QED) is 0.584. The Morgan fingerprint density at radius 3 is 2.48 bits per heavy atom. The van der Waals surface area contributed by atoms with Gasteiger partial charge in [-0.1, -0.05) is 43.5 Å². The fourth-order valence-corrected chi connectivity index (χ4v) is 4.73. The second-order valence-electron chi connectivity index (χ2n) is 8.15. The van der Waals surface area contributed by atoms with Crippen LogP contribution in [0.15, 0.2) is 59.5 Å². The highest BCUT2D eigenvalue weighted by Gasteiger charge is 2.21. The molecule has 0 saturated heterocycles. The van der Waals surface area contributed by atoms with Crippen LogP contribution in [0.4, 0.5) is 0 Å². The van der Waals surface area contributed by atoms with E-state index in [1.807, 2.05) is 42.5 Å². The Kier molecular flexibility index (Phi) is 6.43. The summed E-state index contributed by atoms with van der Waals surface area (Å²) >= 11 is 0. The molecule has 7 heteroatoms. The molecule has 0 unspecified atom stereocenters. The van der Waals surface area contributed by atoms with Gasteiger partial charge in [-0.25, -0.2) is 8.42 Å². The highest BCUT2D eigenvalue weighted by molar-refractivity contribution is 7.90. The van der Waals surface area contributed by atoms with Crippen LogP contribution in [0.3, 0.4) is 0 Å². The zero-order valence-electron chi connectivity index (χ0n) is 17.7. The first-order valence-electron chi connectivity index (χ1n) is 10.7. The van der Waals surface area contributed by atoms with Crippen LogP contribution in [-0.4, -0.2) is 29.6 Å². The average molecular weight is 441 g/mol. The molecular formula is C24H28N2O4S. The molecule has 0 bridgehead atoms. The van der Waals surface area contributed by atoms with E-state index in [0.717, 1.165) is 35.4 Å². The number of sulfone groups is 1. The molecule has 1 heterocycles. The van der Waals surface area contributed by atoms with Crippen molar-refractivity contribution in [2.24, 2.45) is 0 Å². The standard InChI is InChI=1S/C24H28N2O4S/c1-31(28,29)23-12-10-19(11-13-23)24-15-20(25-26(24)21-7-3-2-4-8-21)17-30-22-9-5-6-18(14-22)16-27/h5-6,9-15,21,27H,2-4,7-8,16-17H2,1H3. The Labute approximate surface area is 183 Å². The van der Waals surface area contributed by atoms with Gasteiger partial charge < -0.3 is 9.84 Å². The van der Waals surface area contributed by atoms with E-state index in [4.69, 9.17) is 9.84 Å². The number of aromatic nitrogens is 2. The third-order valence-electron chi connectivity index (χ3n) is 5.75. The molecule has 1 aliphatic carbocycles. The molecule has 1 N–H and O–H groups in total. The monoisotopic (exact) mass is 440 g/mol. The Bertz CT molecular complexity index is 1130. The number of hydrogen-bond donors (Lipinski definition) is 1. The van der Waals surface area contributed by atoms with Gasteiger partial charge >= 0.3 is 0 Å². The first-order valence-corrected chi connectivity index (χ1v) is 12.5. The Morgan fingerprint density at radius 1 is 1.06 bits per heavy atom. The number of rotatable bonds is 7. The molecule has 31 heavy (non-hydrogen) atoms. The van der Waals surface area contributed by atoms with Gasteiger partial charge in [0, 0.05) is 6.26 Å². The molecule has 1 saturated carbocycles. The summed E-state index contributed by atoms with van der Waals surface area (Å²) in [6, 6.07) is 16.8. The molecule has 0 radical (unpaired) electrons. The van der Waals surface area contributed by atoms with Crippen molar-refractivity contribution >= 4 is 9.84 Å². The predicted molar refractivity (Wildman–Crippen MR) is 120 cm³/mol. The summed E-state index contributed by atoms with van der Waals surface area (Å²) in [5.74, 6) is 0.692. The van der Waals surface area contributed by atoms with Crippen LogP contribution in [0.1, 0.15) is 49.4 Å². The summed E-state index contributed by atoms with van der Waals surface area (Å²) < 4.78 is 31.6. The molecule has 2 aromatic carbocycles. The molecule has 1 aliphatic rings. The van der Waals surface area contributed by atoms with E-state index in [1.54, 1.807) is 12.1 Å². The van der Waals surface area contributed by atoms with Crippen molar-refractivity contribution in [1.29, 1.82) is 0 Å². The topological polar surface area (TPSA) is 81.4 Å². The number of hydrogen-bond acceptors (Lipinski definition) is 5. The van der Waals surface area contributed by atoms with E-state index in [2.05, 4.69) is 4.68 Å². The van der Waals surface area contributed by atoms with Gasteiger partial charge in [0.2, 0.25) is 0 Å². The second kappa shape index (κ2) is 9.24. The summed E-state index contributed by atoms with van der Waals surface area (Å²) in [5.41, 5.74) is 3.55. The first-order chi connectivity index (χ1) is 14.9. The van der Waals surface area contributed by atoms with Gasteiger partial charge in [0.05, 0.1) is 23.2 Å². The lowest BCUT2D eigenvalue weighted by atomic mass is 9.95. The third kappa shape index (κ3) is 5.17. The minimum Gasteiger partial charge on any atom is -0.487 e. The Morgan fingerprint density at radius 2 is 1.81 bits per heavy atom. The van der Waals surface area contributed by atoms with E-state index < -0.39 is 9.84 Å². The maximum atomic E-state index is 11.8. The van der Waals surface area contributed by atoms with Gasteiger partial charge in [-0.05, 0) is 54.3 Å². The summed E-state index contributed by atoms with van der Waals surface area (Å²) in [6.07, 6.45) is 7.04. The lowest BCUT2D eigenvalue weighted by molar-refractivity contribution is 0.276. The largest absolute Gasteiger partial charge is 0.487 e. The fourth-order valence-electron chi connectivity index (χ4n) is 4.10. The number of aliphatic hydroxyl groups excluding tert-OH is 1. The van der Waals surface area contributed by atoms with E-state index in [0.29, 0.717) is 23.3 Å². The molecular weight excluding hydrogens is 412 g/mol. The van der Waals surface area contributed by atoms with E-state index >= 15 is 0 Å². The van der Waals surface area contributed by atoms with E-state index in [1.165, 1.54) is 25.5 Å². The number of aliphatic hydroxyl groups is 1. The fraction of sp³-hybridized carbons (Fsp3) is 0.375. The van der Waals surface area contributed by atoms with Gasteiger partial charge in [-0.2, -0.15) is 5.10 Å². The lowest BCUT2D eigenvalue weighted by Gasteiger charge is -2.24. The molecule has 1 aromatic heterocycles. The molecule has 3 aromatic rings. The van der Waals surface area contributed by atoms with Gasteiger partial charge in [-0.15, -0.1) is 0 Å². The second-order valence-corrected chi connectivity index (χ2v) is 10.2. The van der Waals surface area contributed by atoms with Crippen LogP contribution in [-0.2, 0) is 23.1 Å². The van der Waals surface area contributed by atoms with Crippen LogP contribution in [0.25, 0.3) is 11.3 Å². The van der Waals surface area contributed by atoms with Gasteiger partial charge in [-0.3, -0.25) is 4.68 Å². The number of nitrogens with zero attached hydrogens (tertiary/aromatic N) is 2. The molecule has 0 spiro atoms. The van der Waals surface area contributed by atoms with Crippen LogP contribution in [0.5, 0.6) is 5.75 Å². The van der Waals surface area contributed by atoms with E-state index in [9.17, 15) is 13.5 Å². The van der Waals surface area contributed by atoms with Crippen molar-refractivity contribution in [2.45, 2.75) is 56.3 Å². The molecule has 0 atom stereocenters. The lowest BCUT2D eigenvalue weighted by Crippen LogP contribution is -2.15. The van der Waals surface area contributed by atoms with Crippen LogP contribution in [0.2, 0.25) is 0 Å². The van der Waals surface area contributed by atoms with Crippen molar-refractivity contribution in [3.63, 3.8) is 0 Å². The molecule has 4 rings (SSSR count). The predicted octanol–water partition coefficient (Wildman–Crippen LogP) is 4.53. The van der Waals surface area contributed by atoms with Crippen molar-refractivity contribution in [2.75, 3.05) is 6.26 Å². The molecule has 0 aliphatic heterocycles. The molecule has 164 valence electrons. The molecule has 6 nitrogen and oxygen atoms in total. The molecule has 1 fully saturated rings. The SMILES string of the molecule is CS(=O)(=O)c1ccc(-c2cc(COc3cccc(CO)c3)nn2C2CCCCC2)cc1. The normalized spacial score (nSPS) is 15.2. The Hall–Kier alpha value is -2.64. The van der Waals surface area contributed by atoms with Gasteiger partial charge in [0.1, 0.15) is 18.1 Å². The minimum atomic E-state index is -3.23. The van der Waals surface area contributed by atoms with Crippen molar-refractivity contribution < 1.29 is 18.3 Å². The third-order valence-corrected chi connectivity index (χ3v) is 6.88. The van der Waals surface area contributed by atoms with Gasteiger partial charge in [0.15, 0.2) is 9.84 Å². The van der Waals surface area contributed by atoms with Crippen LogP contribution in [0, 0.1) is 0 Å². The minimum absolute atomic E-state index is 0.0267. The van der Waals surface area contributed by atoms with Crippen molar-refractivity contribution in [1.82, 2.24) is 9.78 Å². The maximum absolute atomic E-state index is 11.8. The highest BCUT2D eigenvalue weighted by atomic mass is 32.2. The number of ether oxygens (including phenoxy) is 1. The summed E-state index contributed by atoms with van der Waals surface area (Å²) in [4.78, 5) is 0.312. The summed E-state index contributed by atoms with van der Waals surface area (Å²) in [7, 11) is -3.23.